The number of nitrogens with one attached hydrogen (secondary N) is 1. The van der Waals surface area contributed by atoms with Crippen molar-refractivity contribution in [3.05, 3.63) is 64.4 Å². The average Bonchev–Trinajstić information content (AvgIpc) is 2.76. The van der Waals surface area contributed by atoms with E-state index < -0.39 is 5.82 Å². The second-order valence-corrected chi connectivity index (χ2v) is 7.88. The van der Waals surface area contributed by atoms with Crippen molar-refractivity contribution >= 4 is 17.5 Å². The Morgan fingerprint density at radius 3 is 2.80 bits per heavy atom. The van der Waals surface area contributed by atoms with E-state index in [-0.39, 0.29) is 22.9 Å². The summed E-state index contributed by atoms with van der Waals surface area (Å²) in [6.07, 6.45) is 2.02. The Kier molecular flexibility index (Phi) is 8.49. The Hall–Kier alpha value is -2.15. The van der Waals surface area contributed by atoms with Crippen molar-refractivity contribution < 1.29 is 18.7 Å². The van der Waals surface area contributed by atoms with Gasteiger partial charge < -0.3 is 14.8 Å². The number of nitrogens with zero attached hydrogens (tertiary/aromatic N) is 1. The maximum atomic E-state index is 13.8. The first-order chi connectivity index (χ1) is 14.5. The zero-order chi connectivity index (χ0) is 21.3. The van der Waals surface area contributed by atoms with Crippen LogP contribution in [-0.4, -0.2) is 50.3 Å². The van der Waals surface area contributed by atoms with E-state index in [2.05, 4.69) is 17.3 Å². The number of carbonyl (C=O) groups is 1. The summed E-state index contributed by atoms with van der Waals surface area (Å²) in [6, 6.07) is 12.6. The van der Waals surface area contributed by atoms with Gasteiger partial charge in [0, 0.05) is 42.9 Å². The van der Waals surface area contributed by atoms with Crippen LogP contribution in [0.15, 0.2) is 42.5 Å². The molecule has 2 aromatic carbocycles. The minimum atomic E-state index is -0.473. The standard InChI is InChI=1S/C23H28ClFN2O3/c1-27(18-8-11-29-12-9-18)10-13-30-19-5-2-4-17(14-19)16-26-23(28)15-20-21(24)6-3-7-22(20)25/h2-7,14,18H,8-13,15-16H2,1H3,(H,26,28). The Labute approximate surface area is 182 Å². The van der Waals surface area contributed by atoms with Crippen LogP contribution in [-0.2, 0) is 22.5 Å². The van der Waals surface area contributed by atoms with Gasteiger partial charge in [-0.1, -0.05) is 29.8 Å². The molecular weight excluding hydrogens is 407 g/mol. The molecule has 0 saturated carbocycles. The highest BCUT2D eigenvalue weighted by atomic mass is 35.5. The number of carbonyl (C=O) groups excluding carboxylic acids is 1. The summed E-state index contributed by atoms with van der Waals surface area (Å²) < 4.78 is 25.1. The van der Waals surface area contributed by atoms with E-state index in [0.29, 0.717) is 19.2 Å². The van der Waals surface area contributed by atoms with Gasteiger partial charge in [0.15, 0.2) is 0 Å². The van der Waals surface area contributed by atoms with Crippen molar-refractivity contribution in [3.63, 3.8) is 0 Å². The molecule has 30 heavy (non-hydrogen) atoms. The molecule has 7 heteroatoms. The normalized spacial score (nSPS) is 14.7. The topological polar surface area (TPSA) is 50.8 Å². The highest BCUT2D eigenvalue weighted by Gasteiger charge is 2.18. The molecule has 1 aliphatic heterocycles. The molecule has 5 nitrogen and oxygen atoms in total. The first-order valence-electron chi connectivity index (χ1n) is 10.2. The second kappa shape index (κ2) is 11.3. The highest BCUT2D eigenvalue weighted by Crippen LogP contribution is 2.20. The van der Waals surface area contributed by atoms with E-state index in [1.54, 1.807) is 6.07 Å². The summed E-state index contributed by atoms with van der Waals surface area (Å²) in [4.78, 5) is 14.5. The number of hydrogen-bond donors (Lipinski definition) is 1. The molecule has 0 bridgehead atoms. The predicted octanol–water partition coefficient (Wildman–Crippen LogP) is 3.83. The molecule has 2 aromatic rings. The fraction of sp³-hybridized carbons (Fsp3) is 0.435. The molecule has 1 heterocycles. The molecule has 1 fully saturated rings. The van der Waals surface area contributed by atoms with Crippen molar-refractivity contribution in [2.75, 3.05) is 33.4 Å². The van der Waals surface area contributed by atoms with Gasteiger partial charge in [-0.25, -0.2) is 4.39 Å². The molecule has 0 radical (unpaired) electrons. The first-order valence-corrected chi connectivity index (χ1v) is 10.6. The summed E-state index contributed by atoms with van der Waals surface area (Å²) in [5.74, 6) is 0.00412. The lowest BCUT2D eigenvalue weighted by molar-refractivity contribution is -0.120. The Morgan fingerprint density at radius 2 is 2.03 bits per heavy atom. The highest BCUT2D eigenvalue weighted by molar-refractivity contribution is 6.31. The molecule has 162 valence electrons. The van der Waals surface area contributed by atoms with Crippen LogP contribution >= 0.6 is 11.6 Å². The zero-order valence-corrected chi connectivity index (χ0v) is 18.0. The van der Waals surface area contributed by atoms with Crippen LogP contribution in [0.3, 0.4) is 0 Å². The van der Waals surface area contributed by atoms with Crippen molar-refractivity contribution in [3.8, 4) is 5.75 Å². The second-order valence-electron chi connectivity index (χ2n) is 7.47. The van der Waals surface area contributed by atoms with Crippen molar-refractivity contribution in [2.24, 2.45) is 0 Å². The molecular formula is C23H28ClFN2O3. The third-order valence-electron chi connectivity index (χ3n) is 5.31. The minimum Gasteiger partial charge on any atom is -0.492 e. The smallest absolute Gasteiger partial charge is 0.224 e. The molecule has 3 rings (SSSR count). The number of likely N-dealkylation sites (N-methyl/N-ethyl adjacent to an activating group) is 1. The number of halogens is 2. The third kappa shape index (κ3) is 6.69. The SMILES string of the molecule is CN(CCOc1cccc(CNC(=O)Cc2c(F)cccc2Cl)c1)C1CCOCC1. The Bertz CT molecular complexity index is 823. The van der Waals surface area contributed by atoms with E-state index in [9.17, 15) is 9.18 Å². The molecule has 0 unspecified atom stereocenters. The Balaban J connectivity index is 1.44. The van der Waals surface area contributed by atoms with Gasteiger partial charge in [0.1, 0.15) is 18.2 Å². The van der Waals surface area contributed by atoms with Crippen LogP contribution in [0, 0.1) is 5.82 Å². The fourth-order valence-electron chi connectivity index (χ4n) is 3.49. The van der Waals surface area contributed by atoms with Gasteiger partial charge in [-0.05, 0) is 49.7 Å². The molecule has 1 aliphatic rings. The summed E-state index contributed by atoms with van der Waals surface area (Å²) in [5, 5.41) is 3.06. The lowest BCUT2D eigenvalue weighted by atomic mass is 10.1. The van der Waals surface area contributed by atoms with Crippen LogP contribution in [0.2, 0.25) is 5.02 Å². The maximum absolute atomic E-state index is 13.8. The van der Waals surface area contributed by atoms with Crippen LogP contribution in [0.5, 0.6) is 5.75 Å². The average molecular weight is 435 g/mol. The maximum Gasteiger partial charge on any atom is 0.224 e. The molecule has 1 saturated heterocycles. The summed E-state index contributed by atoms with van der Waals surface area (Å²) in [6.45, 7) is 3.42. The summed E-state index contributed by atoms with van der Waals surface area (Å²) in [5.41, 5.74) is 1.13. The van der Waals surface area contributed by atoms with Crippen molar-refractivity contribution in [2.45, 2.75) is 31.8 Å². The van der Waals surface area contributed by atoms with E-state index >= 15 is 0 Å². The quantitative estimate of drug-likeness (QED) is 0.651. The molecule has 0 aromatic heterocycles. The predicted molar refractivity (Wildman–Crippen MR) is 115 cm³/mol. The van der Waals surface area contributed by atoms with Gasteiger partial charge in [-0.2, -0.15) is 0 Å². The van der Waals surface area contributed by atoms with Crippen molar-refractivity contribution in [1.29, 1.82) is 0 Å². The molecule has 1 N–H and O–H groups in total. The van der Waals surface area contributed by atoms with Crippen LogP contribution < -0.4 is 10.1 Å². The van der Waals surface area contributed by atoms with Gasteiger partial charge in [-0.3, -0.25) is 9.69 Å². The van der Waals surface area contributed by atoms with Crippen LogP contribution in [0.25, 0.3) is 0 Å². The van der Waals surface area contributed by atoms with E-state index in [1.807, 2.05) is 24.3 Å². The Morgan fingerprint density at radius 1 is 1.27 bits per heavy atom. The van der Waals surface area contributed by atoms with E-state index in [1.165, 1.54) is 12.1 Å². The van der Waals surface area contributed by atoms with Gasteiger partial charge in [0.05, 0.1) is 6.42 Å². The monoisotopic (exact) mass is 434 g/mol. The van der Waals surface area contributed by atoms with Crippen molar-refractivity contribution in [1.82, 2.24) is 10.2 Å². The number of amides is 1. The van der Waals surface area contributed by atoms with Gasteiger partial charge in [0.25, 0.3) is 0 Å². The van der Waals surface area contributed by atoms with Gasteiger partial charge in [-0.15, -0.1) is 0 Å². The lowest BCUT2D eigenvalue weighted by Crippen LogP contribution is -2.38. The van der Waals surface area contributed by atoms with Gasteiger partial charge in [0.2, 0.25) is 5.91 Å². The van der Waals surface area contributed by atoms with E-state index in [0.717, 1.165) is 43.9 Å². The number of hydrogen-bond acceptors (Lipinski definition) is 4. The first kappa shape index (κ1) is 22.5. The number of ether oxygens (including phenoxy) is 2. The molecule has 0 aliphatic carbocycles. The fourth-order valence-corrected chi connectivity index (χ4v) is 3.72. The molecule has 1 amide bonds. The zero-order valence-electron chi connectivity index (χ0n) is 17.2. The van der Waals surface area contributed by atoms with E-state index in [4.69, 9.17) is 21.1 Å². The van der Waals surface area contributed by atoms with Crippen LogP contribution in [0.1, 0.15) is 24.0 Å². The van der Waals surface area contributed by atoms with Crippen LogP contribution in [0.4, 0.5) is 4.39 Å². The third-order valence-corrected chi connectivity index (χ3v) is 5.67. The number of benzene rings is 2. The lowest BCUT2D eigenvalue weighted by Gasteiger charge is -2.31. The largest absolute Gasteiger partial charge is 0.492 e. The van der Waals surface area contributed by atoms with Gasteiger partial charge >= 0.3 is 0 Å². The minimum absolute atomic E-state index is 0.0970. The number of rotatable bonds is 9. The molecule has 0 atom stereocenters. The summed E-state index contributed by atoms with van der Waals surface area (Å²) in [7, 11) is 2.12. The molecule has 0 spiro atoms. The summed E-state index contributed by atoms with van der Waals surface area (Å²) >= 11 is 5.99.